The van der Waals surface area contributed by atoms with Crippen molar-refractivity contribution < 1.29 is 18.0 Å². The van der Waals surface area contributed by atoms with Gasteiger partial charge in [-0.1, -0.05) is 18.2 Å². The topological polar surface area (TPSA) is 76.6 Å². The monoisotopic (exact) mass is 565 g/mol. The predicted molar refractivity (Wildman–Crippen MR) is 153 cm³/mol. The molecule has 0 atom stereocenters. The third-order valence-electron chi connectivity index (χ3n) is 8.05. The highest BCUT2D eigenvalue weighted by atomic mass is 19.4. The Bertz CT molecular complexity index is 1420. The quantitative estimate of drug-likeness (QED) is 0.340. The fraction of sp³-hybridized carbons (Fsp3) is 0.433. The normalized spacial score (nSPS) is 17.6. The number of alkyl halides is 3. The average molecular weight is 566 g/mol. The molecule has 11 heteroatoms. The van der Waals surface area contributed by atoms with Crippen molar-refractivity contribution in [1.29, 1.82) is 0 Å². The fourth-order valence-electron chi connectivity index (χ4n) is 5.53. The van der Waals surface area contributed by atoms with E-state index in [1.54, 1.807) is 11.0 Å². The number of aromatic nitrogens is 2. The molecule has 1 aromatic heterocycles. The summed E-state index contributed by atoms with van der Waals surface area (Å²) >= 11 is 0. The molecule has 2 aliphatic heterocycles. The summed E-state index contributed by atoms with van der Waals surface area (Å²) in [7, 11) is 2.13. The van der Waals surface area contributed by atoms with Crippen LogP contribution in [0.4, 0.5) is 36.3 Å². The largest absolute Gasteiger partial charge is 0.421 e. The summed E-state index contributed by atoms with van der Waals surface area (Å²) in [5, 5.41) is 6.04. The summed E-state index contributed by atoms with van der Waals surface area (Å²) in [4.78, 5) is 27.3. The van der Waals surface area contributed by atoms with Gasteiger partial charge in [0.25, 0.3) is 5.91 Å². The zero-order valence-corrected chi connectivity index (χ0v) is 23.0. The van der Waals surface area contributed by atoms with Gasteiger partial charge in [-0.3, -0.25) is 4.79 Å². The number of hydrogen-bond donors (Lipinski definition) is 2. The second-order valence-corrected chi connectivity index (χ2v) is 11.1. The molecule has 6 rings (SSSR count). The lowest BCUT2D eigenvalue weighted by Gasteiger charge is -2.34. The van der Waals surface area contributed by atoms with E-state index in [9.17, 15) is 18.0 Å². The van der Waals surface area contributed by atoms with Crippen LogP contribution in [0.25, 0.3) is 0 Å². The SMILES string of the molecule is CN1CCN(c2ccc(Nc3ncc(C(F)(F)F)c(NCCCN4Cc5ccccc5C4=O)n3)c(C3CC3)c2)CC1. The lowest BCUT2D eigenvalue weighted by atomic mass is 10.1. The molecule has 216 valence electrons. The van der Waals surface area contributed by atoms with E-state index in [1.807, 2.05) is 24.3 Å². The summed E-state index contributed by atoms with van der Waals surface area (Å²) in [6.07, 6.45) is -1.12. The molecule has 3 aromatic rings. The third-order valence-corrected chi connectivity index (χ3v) is 8.05. The number of likely N-dealkylation sites (N-methyl/N-ethyl adjacent to an activating group) is 1. The zero-order chi connectivity index (χ0) is 28.6. The van der Waals surface area contributed by atoms with Gasteiger partial charge in [-0.15, -0.1) is 0 Å². The molecule has 2 fully saturated rings. The van der Waals surface area contributed by atoms with Crippen molar-refractivity contribution in [3.8, 4) is 0 Å². The minimum absolute atomic E-state index is 0.0461. The molecular formula is C30H34F3N7O. The lowest BCUT2D eigenvalue weighted by Crippen LogP contribution is -2.44. The first-order chi connectivity index (χ1) is 19.8. The summed E-state index contributed by atoms with van der Waals surface area (Å²) in [6.45, 7) is 5.12. The Balaban J connectivity index is 1.14. The molecule has 0 radical (unpaired) electrons. The van der Waals surface area contributed by atoms with Crippen LogP contribution in [0.15, 0.2) is 48.7 Å². The number of fused-ring (bicyclic) bond motifs is 1. The highest BCUT2D eigenvalue weighted by Gasteiger charge is 2.35. The van der Waals surface area contributed by atoms with E-state index in [-0.39, 0.29) is 24.2 Å². The van der Waals surface area contributed by atoms with E-state index in [2.05, 4.69) is 49.6 Å². The first-order valence-corrected chi connectivity index (χ1v) is 14.2. The van der Waals surface area contributed by atoms with Gasteiger partial charge in [-0.2, -0.15) is 18.2 Å². The number of benzene rings is 2. The van der Waals surface area contributed by atoms with Crippen LogP contribution < -0.4 is 15.5 Å². The van der Waals surface area contributed by atoms with E-state index in [1.165, 1.54) is 5.69 Å². The van der Waals surface area contributed by atoms with Crippen LogP contribution in [0.2, 0.25) is 0 Å². The van der Waals surface area contributed by atoms with Crippen molar-refractivity contribution in [3.05, 3.63) is 70.9 Å². The molecule has 2 aromatic carbocycles. The van der Waals surface area contributed by atoms with Crippen LogP contribution in [-0.4, -0.2) is 72.0 Å². The Morgan fingerprint density at radius 3 is 2.56 bits per heavy atom. The maximum absolute atomic E-state index is 13.8. The highest BCUT2D eigenvalue weighted by molar-refractivity contribution is 5.98. The molecule has 0 bridgehead atoms. The minimum atomic E-state index is -4.60. The molecule has 3 aliphatic rings. The number of carbonyl (C=O) groups excluding carboxylic acids is 1. The van der Waals surface area contributed by atoms with Crippen molar-refractivity contribution >= 4 is 29.0 Å². The van der Waals surface area contributed by atoms with Gasteiger partial charge in [0.1, 0.15) is 11.4 Å². The summed E-state index contributed by atoms with van der Waals surface area (Å²) in [6, 6.07) is 13.7. The number of piperazine rings is 1. The van der Waals surface area contributed by atoms with Gasteiger partial charge in [0, 0.05) is 68.9 Å². The first-order valence-electron chi connectivity index (χ1n) is 14.2. The van der Waals surface area contributed by atoms with Crippen molar-refractivity contribution in [2.24, 2.45) is 0 Å². The minimum Gasteiger partial charge on any atom is -0.369 e. The molecule has 1 saturated carbocycles. The Morgan fingerprint density at radius 2 is 1.83 bits per heavy atom. The van der Waals surface area contributed by atoms with Crippen molar-refractivity contribution in [1.82, 2.24) is 19.8 Å². The Hall–Kier alpha value is -3.86. The molecule has 0 unspecified atom stereocenters. The van der Waals surface area contributed by atoms with Gasteiger partial charge in [0.05, 0.1) is 0 Å². The summed E-state index contributed by atoms with van der Waals surface area (Å²) < 4.78 is 41.4. The summed E-state index contributed by atoms with van der Waals surface area (Å²) in [5.41, 5.74) is 3.88. The zero-order valence-electron chi connectivity index (χ0n) is 23.0. The Kier molecular flexibility index (Phi) is 7.46. The van der Waals surface area contributed by atoms with Crippen molar-refractivity contribution in [3.63, 3.8) is 0 Å². The molecule has 2 N–H and O–H groups in total. The maximum Gasteiger partial charge on any atom is 0.421 e. The molecule has 8 nitrogen and oxygen atoms in total. The predicted octanol–water partition coefficient (Wildman–Crippen LogP) is 5.33. The number of nitrogens with zero attached hydrogens (tertiary/aromatic N) is 5. The van der Waals surface area contributed by atoms with Gasteiger partial charge < -0.3 is 25.3 Å². The molecule has 3 heterocycles. The van der Waals surface area contributed by atoms with Crippen molar-refractivity contribution in [2.75, 3.05) is 61.8 Å². The van der Waals surface area contributed by atoms with Crippen LogP contribution >= 0.6 is 0 Å². The van der Waals surface area contributed by atoms with Gasteiger partial charge in [-0.25, -0.2) is 4.98 Å². The number of halogens is 3. The first kappa shape index (κ1) is 27.3. The Labute approximate surface area is 237 Å². The number of amides is 1. The van der Waals surface area contributed by atoms with E-state index in [4.69, 9.17) is 0 Å². The van der Waals surface area contributed by atoms with Gasteiger partial charge >= 0.3 is 6.18 Å². The molecule has 0 spiro atoms. The summed E-state index contributed by atoms with van der Waals surface area (Å²) in [5.74, 6) is 0.222. The van der Waals surface area contributed by atoms with Crippen LogP contribution in [0, 0.1) is 0 Å². The average Bonchev–Trinajstić information content (AvgIpc) is 3.75. The number of anilines is 4. The van der Waals surface area contributed by atoms with E-state index >= 15 is 0 Å². The van der Waals surface area contributed by atoms with Gasteiger partial charge in [-0.05, 0) is 67.6 Å². The number of rotatable bonds is 9. The maximum atomic E-state index is 13.8. The van der Waals surface area contributed by atoms with Crippen LogP contribution in [-0.2, 0) is 12.7 Å². The Morgan fingerprint density at radius 1 is 1.05 bits per heavy atom. The molecule has 1 amide bonds. The lowest BCUT2D eigenvalue weighted by molar-refractivity contribution is -0.137. The van der Waals surface area contributed by atoms with Crippen molar-refractivity contribution in [2.45, 2.75) is 37.9 Å². The number of carbonyl (C=O) groups is 1. The van der Waals surface area contributed by atoms with Crippen LogP contribution in [0.5, 0.6) is 0 Å². The standard InChI is InChI=1S/C30H34F3N7O/c1-38-13-15-39(16-14-38)22-9-10-26(24(17-22)20-7-8-20)36-29-35-18-25(30(31,32)33)27(37-29)34-11-4-12-40-19-21-5-2-3-6-23(21)28(40)41/h2-3,5-6,9-10,17-18,20H,4,7-8,11-16,19H2,1H3,(H2,34,35,36,37). The number of hydrogen-bond acceptors (Lipinski definition) is 7. The van der Waals surface area contributed by atoms with Gasteiger partial charge in [0.2, 0.25) is 5.95 Å². The molecule has 41 heavy (non-hydrogen) atoms. The van der Waals surface area contributed by atoms with Gasteiger partial charge in [0.15, 0.2) is 0 Å². The third kappa shape index (κ3) is 6.09. The van der Waals surface area contributed by atoms with Crippen LogP contribution in [0.1, 0.15) is 52.2 Å². The fourth-order valence-corrected chi connectivity index (χ4v) is 5.53. The second kappa shape index (κ2) is 11.2. The number of nitrogens with one attached hydrogen (secondary N) is 2. The van der Waals surface area contributed by atoms with Crippen LogP contribution in [0.3, 0.4) is 0 Å². The van der Waals surface area contributed by atoms with E-state index < -0.39 is 11.7 Å². The highest BCUT2D eigenvalue weighted by Crippen LogP contribution is 2.45. The molecule has 1 saturated heterocycles. The smallest absolute Gasteiger partial charge is 0.369 e. The van der Waals surface area contributed by atoms with E-state index in [0.29, 0.717) is 31.0 Å². The molecular weight excluding hydrogens is 531 g/mol. The molecule has 1 aliphatic carbocycles. The second-order valence-electron chi connectivity index (χ2n) is 11.1. The van der Waals surface area contributed by atoms with E-state index in [0.717, 1.165) is 62.0 Å².